The fourth-order valence-corrected chi connectivity index (χ4v) is 3.19. The Labute approximate surface area is 125 Å². The van der Waals surface area contributed by atoms with Gasteiger partial charge < -0.3 is 4.74 Å². The number of benzene rings is 2. The summed E-state index contributed by atoms with van der Waals surface area (Å²) in [5.74, 6) is -0.397. The number of halogens is 2. The summed E-state index contributed by atoms with van der Waals surface area (Å²) in [6, 6.07) is 10.5. The quantitative estimate of drug-likeness (QED) is 0.835. The van der Waals surface area contributed by atoms with Gasteiger partial charge in [-0.25, -0.2) is 8.78 Å². The first-order chi connectivity index (χ1) is 10.0. The van der Waals surface area contributed by atoms with Crippen LogP contribution in [0.2, 0.25) is 0 Å². The van der Waals surface area contributed by atoms with Crippen molar-refractivity contribution in [2.45, 2.75) is 17.9 Å². The van der Waals surface area contributed by atoms with Crippen LogP contribution in [0, 0.1) is 11.6 Å². The van der Waals surface area contributed by atoms with E-state index in [-0.39, 0.29) is 22.6 Å². The van der Waals surface area contributed by atoms with E-state index >= 15 is 0 Å². The zero-order chi connectivity index (χ0) is 15.4. The van der Waals surface area contributed by atoms with Crippen LogP contribution in [0.1, 0.15) is 23.3 Å². The Morgan fingerprint density at radius 3 is 2.38 bits per heavy atom. The van der Waals surface area contributed by atoms with E-state index in [4.69, 9.17) is 4.74 Å². The molecule has 0 aliphatic rings. The fraction of sp³-hybridized carbons (Fsp3) is 0.250. The van der Waals surface area contributed by atoms with Crippen LogP contribution in [-0.4, -0.2) is 11.3 Å². The van der Waals surface area contributed by atoms with Crippen LogP contribution in [0.15, 0.2) is 42.5 Å². The van der Waals surface area contributed by atoms with E-state index in [1.807, 2.05) is 6.92 Å². The van der Waals surface area contributed by atoms with Crippen LogP contribution in [-0.2, 0) is 16.6 Å². The molecule has 0 unspecified atom stereocenters. The van der Waals surface area contributed by atoms with Gasteiger partial charge in [0.25, 0.3) is 0 Å². The van der Waals surface area contributed by atoms with E-state index in [9.17, 15) is 13.0 Å². The lowest BCUT2D eigenvalue weighted by Crippen LogP contribution is -2.06. The molecule has 0 aliphatic carbocycles. The first kappa shape index (κ1) is 15.6. The molecule has 2 rings (SSSR count). The molecule has 2 nitrogen and oxygen atoms in total. The van der Waals surface area contributed by atoms with Crippen LogP contribution in [0.3, 0.4) is 0 Å². The molecule has 0 N–H and O–H groups in total. The van der Waals surface area contributed by atoms with Gasteiger partial charge in [-0.05, 0) is 42.3 Å². The minimum atomic E-state index is -1.22. The molecular formula is C16H16F2O2S. The van der Waals surface area contributed by atoms with Crippen LogP contribution in [0.4, 0.5) is 8.78 Å². The van der Waals surface area contributed by atoms with E-state index in [0.717, 1.165) is 5.56 Å². The van der Waals surface area contributed by atoms with Crippen molar-refractivity contribution in [3.05, 3.63) is 65.2 Å². The first-order valence-electron chi connectivity index (χ1n) is 6.46. The Hall–Kier alpha value is -1.75. The molecule has 2 atom stereocenters. The van der Waals surface area contributed by atoms with Crippen molar-refractivity contribution in [2.75, 3.05) is 7.11 Å². The maximum absolute atomic E-state index is 13.6. The maximum Gasteiger partial charge on any atom is 0.165 e. The van der Waals surface area contributed by atoms with E-state index in [2.05, 4.69) is 0 Å². The zero-order valence-corrected chi connectivity index (χ0v) is 12.6. The lowest BCUT2D eigenvalue weighted by atomic mass is 10.2. The first-order valence-corrected chi connectivity index (χ1v) is 7.84. The largest absolute Gasteiger partial charge is 0.494 e. The third-order valence-corrected chi connectivity index (χ3v) is 4.94. The third-order valence-electron chi connectivity index (χ3n) is 3.26. The van der Waals surface area contributed by atoms with Crippen LogP contribution >= 0.6 is 0 Å². The molecule has 5 heteroatoms. The summed E-state index contributed by atoms with van der Waals surface area (Å²) in [5, 5.41) is -0.254. The minimum Gasteiger partial charge on any atom is -0.494 e. The molecule has 0 saturated heterocycles. The highest BCUT2D eigenvalue weighted by molar-refractivity contribution is 7.84. The second kappa shape index (κ2) is 6.80. The number of rotatable bonds is 5. The second-order valence-electron chi connectivity index (χ2n) is 4.69. The van der Waals surface area contributed by atoms with Crippen molar-refractivity contribution < 1.29 is 17.7 Å². The highest BCUT2D eigenvalue weighted by Gasteiger charge is 2.15. The van der Waals surface area contributed by atoms with E-state index in [1.54, 1.807) is 18.2 Å². The fourth-order valence-electron chi connectivity index (χ4n) is 1.97. The average molecular weight is 310 g/mol. The number of ether oxygens (including phenoxy) is 1. The van der Waals surface area contributed by atoms with Gasteiger partial charge in [0, 0.05) is 16.6 Å². The molecule has 0 fully saturated rings. The Balaban J connectivity index is 2.10. The SMILES string of the molecule is COc1ccc(C[S@@](=O)[C@H](C)c2ccc(F)cc2)cc1F. The van der Waals surface area contributed by atoms with Crippen molar-refractivity contribution >= 4 is 10.8 Å². The van der Waals surface area contributed by atoms with Gasteiger partial charge in [-0.2, -0.15) is 0 Å². The molecule has 0 aliphatic heterocycles. The van der Waals surface area contributed by atoms with Crippen molar-refractivity contribution in [1.82, 2.24) is 0 Å². The van der Waals surface area contributed by atoms with E-state index in [1.165, 1.54) is 31.4 Å². The van der Waals surface area contributed by atoms with Crippen molar-refractivity contribution in [3.63, 3.8) is 0 Å². The van der Waals surface area contributed by atoms with E-state index < -0.39 is 16.6 Å². The molecule has 0 aromatic heterocycles. The second-order valence-corrected chi connectivity index (χ2v) is 6.45. The van der Waals surface area contributed by atoms with Crippen LogP contribution in [0.5, 0.6) is 5.75 Å². The number of methoxy groups -OCH3 is 1. The summed E-state index contributed by atoms with van der Waals surface area (Å²) < 4.78 is 43.7. The molecule has 0 saturated carbocycles. The molecule has 0 heterocycles. The summed E-state index contributed by atoms with van der Waals surface area (Å²) in [7, 11) is 0.176. The number of hydrogen-bond donors (Lipinski definition) is 0. The monoisotopic (exact) mass is 310 g/mol. The Kier molecular flexibility index (Phi) is 5.07. The Morgan fingerprint density at radius 1 is 1.14 bits per heavy atom. The van der Waals surface area contributed by atoms with Crippen molar-refractivity contribution in [2.24, 2.45) is 0 Å². The summed E-state index contributed by atoms with van der Waals surface area (Å²) in [5.41, 5.74) is 1.43. The smallest absolute Gasteiger partial charge is 0.165 e. The highest BCUT2D eigenvalue weighted by Crippen LogP contribution is 2.24. The summed E-state index contributed by atoms with van der Waals surface area (Å²) in [4.78, 5) is 0. The number of hydrogen-bond acceptors (Lipinski definition) is 2. The standard InChI is InChI=1S/C16H16F2O2S/c1-11(13-4-6-14(17)7-5-13)21(19)10-12-3-8-16(20-2)15(18)9-12/h3-9,11H,10H2,1-2H3/t11-,21-/m1/s1. The van der Waals surface area contributed by atoms with Gasteiger partial charge in [-0.1, -0.05) is 18.2 Å². The lowest BCUT2D eigenvalue weighted by Gasteiger charge is -2.12. The lowest BCUT2D eigenvalue weighted by molar-refractivity contribution is 0.386. The van der Waals surface area contributed by atoms with Crippen LogP contribution < -0.4 is 4.74 Å². The van der Waals surface area contributed by atoms with Gasteiger partial charge >= 0.3 is 0 Å². The van der Waals surface area contributed by atoms with Gasteiger partial charge in [-0.3, -0.25) is 4.21 Å². The normalized spacial score (nSPS) is 13.7. The maximum atomic E-state index is 13.6. The molecule has 2 aromatic rings. The summed E-state index contributed by atoms with van der Waals surface area (Å²) >= 11 is 0. The molecule has 0 spiro atoms. The Bertz CT molecular complexity index is 641. The zero-order valence-electron chi connectivity index (χ0n) is 11.8. The molecular weight excluding hydrogens is 294 g/mol. The topological polar surface area (TPSA) is 26.3 Å². The predicted molar refractivity (Wildman–Crippen MR) is 79.6 cm³/mol. The average Bonchev–Trinajstić information content (AvgIpc) is 2.47. The van der Waals surface area contributed by atoms with Gasteiger partial charge in [0.1, 0.15) is 5.82 Å². The van der Waals surface area contributed by atoms with Gasteiger partial charge in [0.05, 0.1) is 12.4 Å². The molecule has 21 heavy (non-hydrogen) atoms. The van der Waals surface area contributed by atoms with Crippen LogP contribution in [0.25, 0.3) is 0 Å². The molecule has 0 amide bonds. The molecule has 0 radical (unpaired) electrons. The van der Waals surface area contributed by atoms with Gasteiger partial charge in [0.2, 0.25) is 0 Å². The summed E-state index contributed by atoms with van der Waals surface area (Å²) in [6.07, 6.45) is 0. The molecule has 112 valence electrons. The van der Waals surface area contributed by atoms with Crippen molar-refractivity contribution in [1.29, 1.82) is 0 Å². The highest BCUT2D eigenvalue weighted by atomic mass is 32.2. The molecule has 0 bridgehead atoms. The predicted octanol–water partition coefficient (Wildman–Crippen LogP) is 3.98. The summed E-state index contributed by atoms with van der Waals surface area (Å²) in [6.45, 7) is 1.81. The van der Waals surface area contributed by atoms with Gasteiger partial charge in [0.15, 0.2) is 11.6 Å². The van der Waals surface area contributed by atoms with Crippen molar-refractivity contribution in [3.8, 4) is 5.75 Å². The minimum absolute atomic E-state index is 0.163. The Morgan fingerprint density at radius 2 is 1.81 bits per heavy atom. The third kappa shape index (κ3) is 3.88. The molecule has 2 aromatic carbocycles. The van der Waals surface area contributed by atoms with E-state index in [0.29, 0.717) is 5.56 Å². The van der Waals surface area contributed by atoms with Gasteiger partial charge in [-0.15, -0.1) is 0 Å².